The lowest BCUT2D eigenvalue weighted by Crippen LogP contribution is -2.06. The Morgan fingerprint density at radius 3 is 2.38 bits per heavy atom. The van der Waals surface area contributed by atoms with E-state index in [1.54, 1.807) is 18.2 Å². The van der Waals surface area contributed by atoms with Crippen LogP contribution < -0.4 is 5.73 Å². The van der Waals surface area contributed by atoms with E-state index in [9.17, 15) is 0 Å². The molecule has 0 radical (unpaired) electrons. The molecule has 1 atom stereocenters. The lowest BCUT2D eigenvalue weighted by molar-refractivity contribution is 0.745. The van der Waals surface area contributed by atoms with Crippen LogP contribution in [0.3, 0.4) is 0 Å². The van der Waals surface area contributed by atoms with Gasteiger partial charge in [0, 0.05) is 15.6 Å². The number of hydrogen-bond donors (Lipinski definition) is 2. The summed E-state index contributed by atoms with van der Waals surface area (Å²) in [5.74, 6) is 1.17. The molecule has 3 N–H and O–H groups in total. The van der Waals surface area contributed by atoms with Gasteiger partial charge in [-0.1, -0.05) is 23.2 Å². The topological polar surface area (TPSA) is 67.6 Å². The van der Waals surface area contributed by atoms with Crippen LogP contribution in [0, 0.1) is 0 Å². The zero-order valence-corrected chi connectivity index (χ0v) is 10.0. The summed E-state index contributed by atoms with van der Waals surface area (Å²) in [6.07, 6.45) is 0. The lowest BCUT2D eigenvalue weighted by Gasteiger charge is -1.98. The Kier molecular flexibility index (Phi) is 3.14. The summed E-state index contributed by atoms with van der Waals surface area (Å²) in [4.78, 5) is 4.25. The Balaban J connectivity index is 2.42. The zero-order valence-electron chi connectivity index (χ0n) is 8.54. The SMILES string of the molecule is CC(N)c1nc(-c2cc(Cl)cc(Cl)c2)n[nH]1. The summed E-state index contributed by atoms with van der Waals surface area (Å²) in [5, 5.41) is 7.93. The number of nitrogens with zero attached hydrogens (tertiary/aromatic N) is 2. The van der Waals surface area contributed by atoms with E-state index in [4.69, 9.17) is 28.9 Å². The van der Waals surface area contributed by atoms with E-state index in [1.807, 2.05) is 6.92 Å². The van der Waals surface area contributed by atoms with Crippen molar-refractivity contribution in [2.45, 2.75) is 13.0 Å². The van der Waals surface area contributed by atoms with Crippen molar-refractivity contribution in [2.75, 3.05) is 0 Å². The van der Waals surface area contributed by atoms with Crippen molar-refractivity contribution in [1.29, 1.82) is 0 Å². The van der Waals surface area contributed by atoms with Crippen LogP contribution in [0.4, 0.5) is 0 Å². The summed E-state index contributed by atoms with van der Waals surface area (Å²) >= 11 is 11.8. The van der Waals surface area contributed by atoms with E-state index < -0.39 is 0 Å². The minimum absolute atomic E-state index is 0.184. The van der Waals surface area contributed by atoms with E-state index in [2.05, 4.69) is 15.2 Å². The number of halogens is 2. The molecule has 2 aromatic rings. The van der Waals surface area contributed by atoms with Gasteiger partial charge in [0.25, 0.3) is 0 Å². The largest absolute Gasteiger partial charge is 0.322 e. The molecule has 2 rings (SSSR count). The first-order valence-corrected chi connectivity index (χ1v) is 5.46. The molecule has 84 valence electrons. The molecule has 0 aliphatic rings. The third-order valence-electron chi connectivity index (χ3n) is 2.05. The van der Waals surface area contributed by atoms with Gasteiger partial charge in [0.2, 0.25) is 0 Å². The van der Waals surface area contributed by atoms with Crippen LogP contribution in [-0.4, -0.2) is 15.2 Å². The second-order valence-corrected chi connectivity index (χ2v) is 4.36. The Morgan fingerprint density at radius 1 is 1.25 bits per heavy atom. The molecule has 6 heteroatoms. The van der Waals surface area contributed by atoms with Crippen LogP contribution in [0.1, 0.15) is 18.8 Å². The minimum Gasteiger partial charge on any atom is -0.322 e. The van der Waals surface area contributed by atoms with Gasteiger partial charge in [0.15, 0.2) is 5.82 Å². The number of nitrogens with one attached hydrogen (secondary N) is 1. The fraction of sp³-hybridized carbons (Fsp3) is 0.200. The monoisotopic (exact) mass is 256 g/mol. The first-order chi connectivity index (χ1) is 7.56. The maximum atomic E-state index is 5.89. The maximum absolute atomic E-state index is 5.89. The molecule has 0 saturated carbocycles. The number of aromatic amines is 1. The lowest BCUT2D eigenvalue weighted by atomic mass is 10.2. The number of rotatable bonds is 2. The van der Waals surface area contributed by atoms with Gasteiger partial charge >= 0.3 is 0 Å². The number of nitrogens with two attached hydrogens (primary N) is 1. The number of benzene rings is 1. The molecule has 0 saturated heterocycles. The minimum atomic E-state index is -0.184. The Hall–Kier alpha value is -1.10. The predicted octanol–water partition coefficient (Wildman–Crippen LogP) is 2.80. The van der Waals surface area contributed by atoms with Crippen LogP contribution in [0.25, 0.3) is 11.4 Å². The van der Waals surface area contributed by atoms with Crippen molar-refractivity contribution in [1.82, 2.24) is 15.2 Å². The summed E-state index contributed by atoms with van der Waals surface area (Å²) in [5.41, 5.74) is 6.44. The van der Waals surface area contributed by atoms with Crippen LogP contribution in [0.2, 0.25) is 10.0 Å². The van der Waals surface area contributed by atoms with Gasteiger partial charge in [0.05, 0.1) is 6.04 Å². The smallest absolute Gasteiger partial charge is 0.181 e. The van der Waals surface area contributed by atoms with E-state index in [1.165, 1.54) is 0 Å². The van der Waals surface area contributed by atoms with Crippen molar-refractivity contribution < 1.29 is 0 Å². The molecule has 1 heterocycles. The standard InChI is InChI=1S/C10H10Cl2N4/c1-5(13)9-14-10(16-15-9)6-2-7(11)4-8(12)3-6/h2-5H,13H2,1H3,(H,14,15,16). The van der Waals surface area contributed by atoms with E-state index in [0.29, 0.717) is 21.7 Å². The van der Waals surface area contributed by atoms with Gasteiger partial charge in [-0.2, -0.15) is 5.10 Å². The molecular weight excluding hydrogens is 247 g/mol. The third kappa shape index (κ3) is 2.35. The highest BCUT2D eigenvalue weighted by atomic mass is 35.5. The highest BCUT2D eigenvalue weighted by Crippen LogP contribution is 2.25. The molecule has 4 nitrogen and oxygen atoms in total. The van der Waals surface area contributed by atoms with E-state index >= 15 is 0 Å². The molecule has 1 aromatic carbocycles. The average molecular weight is 257 g/mol. The van der Waals surface area contributed by atoms with Crippen molar-refractivity contribution >= 4 is 23.2 Å². The van der Waals surface area contributed by atoms with Crippen LogP contribution in [0.15, 0.2) is 18.2 Å². The highest BCUT2D eigenvalue weighted by Gasteiger charge is 2.09. The summed E-state index contributed by atoms with van der Waals surface area (Å²) < 4.78 is 0. The second kappa shape index (κ2) is 4.41. The Morgan fingerprint density at radius 2 is 1.88 bits per heavy atom. The molecule has 0 amide bonds. The summed E-state index contributed by atoms with van der Waals surface area (Å²) in [7, 11) is 0. The molecule has 0 aliphatic heterocycles. The fourth-order valence-electron chi connectivity index (χ4n) is 1.29. The van der Waals surface area contributed by atoms with Crippen molar-refractivity contribution in [3.05, 3.63) is 34.1 Å². The van der Waals surface area contributed by atoms with Crippen molar-refractivity contribution in [3.8, 4) is 11.4 Å². The zero-order chi connectivity index (χ0) is 11.7. The van der Waals surface area contributed by atoms with Gasteiger partial charge < -0.3 is 5.73 Å². The van der Waals surface area contributed by atoms with Crippen LogP contribution >= 0.6 is 23.2 Å². The Bertz CT molecular complexity index is 487. The van der Waals surface area contributed by atoms with Gasteiger partial charge in [-0.15, -0.1) is 0 Å². The number of aromatic nitrogens is 3. The molecule has 1 unspecified atom stereocenters. The molecule has 16 heavy (non-hydrogen) atoms. The van der Waals surface area contributed by atoms with E-state index in [-0.39, 0.29) is 6.04 Å². The van der Waals surface area contributed by atoms with Crippen molar-refractivity contribution in [3.63, 3.8) is 0 Å². The van der Waals surface area contributed by atoms with Crippen molar-refractivity contribution in [2.24, 2.45) is 5.73 Å². The maximum Gasteiger partial charge on any atom is 0.181 e. The van der Waals surface area contributed by atoms with Gasteiger partial charge in [-0.3, -0.25) is 5.10 Å². The number of hydrogen-bond acceptors (Lipinski definition) is 3. The van der Waals surface area contributed by atoms with E-state index in [0.717, 1.165) is 5.56 Å². The van der Waals surface area contributed by atoms with Crippen LogP contribution in [-0.2, 0) is 0 Å². The summed E-state index contributed by atoms with van der Waals surface area (Å²) in [6.45, 7) is 1.83. The first-order valence-electron chi connectivity index (χ1n) is 4.70. The molecule has 1 aromatic heterocycles. The fourth-order valence-corrected chi connectivity index (χ4v) is 1.82. The van der Waals surface area contributed by atoms with Gasteiger partial charge in [0.1, 0.15) is 5.82 Å². The second-order valence-electron chi connectivity index (χ2n) is 3.49. The molecular formula is C10H10Cl2N4. The normalized spacial score (nSPS) is 12.8. The molecule has 0 spiro atoms. The average Bonchev–Trinajstić information content (AvgIpc) is 2.64. The summed E-state index contributed by atoms with van der Waals surface area (Å²) in [6, 6.07) is 4.98. The van der Waals surface area contributed by atoms with Gasteiger partial charge in [-0.25, -0.2) is 4.98 Å². The first kappa shape index (κ1) is 11.4. The highest BCUT2D eigenvalue weighted by molar-refractivity contribution is 6.35. The third-order valence-corrected chi connectivity index (χ3v) is 2.49. The Labute approximate surface area is 103 Å². The molecule has 0 aliphatic carbocycles. The van der Waals surface area contributed by atoms with Gasteiger partial charge in [-0.05, 0) is 25.1 Å². The van der Waals surface area contributed by atoms with Crippen LogP contribution in [0.5, 0.6) is 0 Å². The number of H-pyrrole nitrogens is 1. The predicted molar refractivity (Wildman–Crippen MR) is 64.4 cm³/mol. The quantitative estimate of drug-likeness (QED) is 0.869. The molecule has 0 bridgehead atoms. The molecule has 0 fully saturated rings.